The summed E-state index contributed by atoms with van der Waals surface area (Å²) < 4.78 is 10.4. The first kappa shape index (κ1) is 16.6. The molecule has 6 heteroatoms. The number of amides is 2. The lowest BCUT2D eigenvalue weighted by Crippen LogP contribution is -2.37. The largest absolute Gasteiger partial charge is 0.497 e. The molecule has 0 aliphatic rings. The maximum absolute atomic E-state index is 11.7. The van der Waals surface area contributed by atoms with E-state index in [-0.39, 0.29) is 13.2 Å². The van der Waals surface area contributed by atoms with E-state index in [2.05, 4.69) is 10.6 Å². The molecule has 2 aromatic rings. The fraction of sp³-hybridized carbons (Fsp3) is 0.235. The number of carbonyl (C=O) groups excluding carboxylic acids is 1. The van der Waals surface area contributed by atoms with Gasteiger partial charge in [0.25, 0.3) is 0 Å². The molecule has 0 aliphatic carbocycles. The molecule has 122 valence electrons. The third kappa shape index (κ3) is 5.88. The van der Waals surface area contributed by atoms with Gasteiger partial charge in [-0.1, -0.05) is 18.2 Å². The van der Waals surface area contributed by atoms with Crippen molar-refractivity contribution in [1.82, 2.24) is 5.32 Å². The van der Waals surface area contributed by atoms with Crippen LogP contribution in [0.4, 0.5) is 10.5 Å². The Bertz CT molecular complexity index is 602. The fourth-order valence-electron chi connectivity index (χ4n) is 1.83. The lowest BCUT2D eigenvalue weighted by Gasteiger charge is -2.14. The molecule has 1 atom stereocenters. The predicted octanol–water partition coefficient (Wildman–Crippen LogP) is 2.26. The van der Waals surface area contributed by atoms with Crippen LogP contribution in [0.15, 0.2) is 54.6 Å². The Kier molecular flexibility index (Phi) is 6.26. The van der Waals surface area contributed by atoms with Crippen molar-refractivity contribution in [2.75, 3.05) is 25.6 Å². The Morgan fingerprint density at radius 2 is 1.78 bits per heavy atom. The summed E-state index contributed by atoms with van der Waals surface area (Å²) in [4.78, 5) is 11.7. The molecule has 1 unspecified atom stereocenters. The molecule has 2 aromatic carbocycles. The summed E-state index contributed by atoms with van der Waals surface area (Å²) >= 11 is 0. The van der Waals surface area contributed by atoms with E-state index in [0.29, 0.717) is 17.2 Å². The number of carbonyl (C=O) groups is 1. The molecule has 0 saturated carbocycles. The molecule has 0 aliphatic heterocycles. The second-order valence-corrected chi connectivity index (χ2v) is 4.84. The zero-order valence-corrected chi connectivity index (χ0v) is 12.9. The van der Waals surface area contributed by atoms with Gasteiger partial charge in [0, 0.05) is 12.2 Å². The van der Waals surface area contributed by atoms with Crippen molar-refractivity contribution in [1.29, 1.82) is 0 Å². The molecule has 0 aromatic heterocycles. The van der Waals surface area contributed by atoms with E-state index in [1.165, 1.54) is 0 Å². The molecule has 23 heavy (non-hydrogen) atoms. The summed E-state index contributed by atoms with van der Waals surface area (Å²) in [5.41, 5.74) is 0.637. The highest BCUT2D eigenvalue weighted by molar-refractivity contribution is 5.89. The van der Waals surface area contributed by atoms with Gasteiger partial charge < -0.3 is 25.2 Å². The zero-order chi connectivity index (χ0) is 16.5. The number of methoxy groups -OCH3 is 1. The molecule has 2 amide bonds. The van der Waals surface area contributed by atoms with Gasteiger partial charge in [-0.3, -0.25) is 0 Å². The number of aliphatic hydroxyl groups excluding tert-OH is 1. The molecule has 0 heterocycles. The van der Waals surface area contributed by atoms with Gasteiger partial charge in [0.05, 0.1) is 7.11 Å². The first-order valence-electron chi connectivity index (χ1n) is 7.22. The number of aliphatic hydroxyl groups is 1. The lowest BCUT2D eigenvalue weighted by molar-refractivity contribution is 0.108. The van der Waals surface area contributed by atoms with Crippen LogP contribution >= 0.6 is 0 Å². The van der Waals surface area contributed by atoms with Crippen LogP contribution in [0.25, 0.3) is 0 Å². The van der Waals surface area contributed by atoms with E-state index in [0.717, 1.165) is 0 Å². The SMILES string of the molecule is COc1ccc(NC(=O)NCC(O)COc2ccccc2)cc1. The third-order valence-corrected chi connectivity index (χ3v) is 3.03. The monoisotopic (exact) mass is 316 g/mol. The van der Waals surface area contributed by atoms with Crippen molar-refractivity contribution in [3.63, 3.8) is 0 Å². The molecule has 2 rings (SSSR count). The van der Waals surface area contributed by atoms with Gasteiger partial charge >= 0.3 is 6.03 Å². The predicted molar refractivity (Wildman–Crippen MR) is 88.0 cm³/mol. The van der Waals surface area contributed by atoms with Crippen molar-refractivity contribution in [3.05, 3.63) is 54.6 Å². The zero-order valence-electron chi connectivity index (χ0n) is 12.9. The summed E-state index contributed by atoms with van der Waals surface area (Å²) in [6.45, 7) is 0.196. The maximum Gasteiger partial charge on any atom is 0.319 e. The van der Waals surface area contributed by atoms with E-state index in [1.807, 2.05) is 18.2 Å². The van der Waals surface area contributed by atoms with Crippen molar-refractivity contribution in [2.45, 2.75) is 6.10 Å². The normalized spacial score (nSPS) is 11.4. The second kappa shape index (κ2) is 8.65. The molecule has 3 N–H and O–H groups in total. The highest BCUT2D eigenvalue weighted by Gasteiger charge is 2.08. The summed E-state index contributed by atoms with van der Waals surface area (Å²) in [6.07, 6.45) is -0.795. The van der Waals surface area contributed by atoms with E-state index >= 15 is 0 Å². The Hall–Kier alpha value is -2.73. The van der Waals surface area contributed by atoms with Crippen molar-refractivity contribution in [3.8, 4) is 11.5 Å². The number of nitrogens with one attached hydrogen (secondary N) is 2. The van der Waals surface area contributed by atoms with Gasteiger partial charge in [-0.05, 0) is 36.4 Å². The van der Waals surface area contributed by atoms with Crippen molar-refractivity contribution in [2.24, 2.45) is 0 Å². The maximum atomic E-state index is 11.7. The standard InChI is InChI=1S/C17H20N2O4/c1-22-15-9-7-13(8-10-15)19-17(21)18-11-14(20)12-23-16-5-3-2-4-6-16/h2-10,14,20H,11-12H2,1H3,(H2,18,19,21). The number of hydrogen-bond donors (Lipinski definition) is 3. The third-order valence-electron chi connectivity index (χ3n) is 3.03. The van der Waals surface area contributed by atoms with Crippen molar-refractivity contribution >= 4 is 11.7 Å². The van der Waals surface area contributed by atoms with Crippen LogP contribution in [0.5, 0.6) is 11.5 Å². The quantitative estimate of drug-likeness (QED) is 0.732. The molecule has 0 radical (unpaired) electrons. The number of rotatable bonds is 7. The topological polar surface area (TPSA) is 79.8 Å². The summed E-state index contributed by atoms with van der Waals surface area (Å²) in [6, 6.07) is 15.7. The van der Waals surface area contributed by atoms with E-state index in [9.17, 15) is 9.90 Å². The van der Waals surface area contributed by atoms with Gasteiger partial charge in [0.1, 0.15) is 24.2 Å². The van der Waals surface area contributed by atoms with E-state index < -0.39 is 12.1 Å². The van der Waals surface area contributed by atoms with Crippen LogP contribution in [0.3, 0.4) is 0 Å². The summed E-state index contributed by atoms with van der Waals surface area (Å²) in [7, 11) is 1.58. The first-order chi connectivity index (χ1) is 11.2. The van der Waals surface area contributed by atoms with E-state index in [1.54, 1.807) is 43.5 Å². The number of hydrogen-bond acceptors (Lipinski definition) is 4. The van der Waals surface area contributed by atoms with Crippen LogP contribution in [-0.2, 0) is 0 Å². The Labute approximate surface area is 135 Å². The average molecular weight is 316 g/mol. The minimum absolute atomic E-state index is 0.0921. The van der Waals surface area contributed by atoms with Gasteiger partial charge in [0.2, 0.25) is 0 Å². The average Bonchev–Trinajstić information content (AvgIpc) is 2.60. The van der Waals surface area contributed by atoms with Crippen molar-refractivity contribution < 1.29 is 19.4 Å². The van der Waals surface area contributed by atoms with Crippen LogP contribution in [0.1, 0.15) is 0 Å². The van der Waals surface area contributed by atoms with Crippen LogP contribution in [0, 0.1) is 0 Å². The molecule has 0 saturated heterocycles. The molecular weight excluding hydrogens is 296 g/mol. The lowest BCUT2D eigenvalue weighted by atomic mass is 10.3. The molecular formula is C17H20N2O4. The molecule has 6 nitrogen and oxygen atoms in total. The first-order valence-corrected chi connectivity index (χ1v) is 7.22. The van der Waals surface area contributed by atoms with Gasteiger partial charge in [-0.25, -0.2) is 4.79 Å². The van der Waals surface area contributed by atoms with Gasteiger partial charge in [-0.2, -0.15) is 0 Å². The van der Waals surface area contributed by atoms with E-state index in [4.69, 9.17) is 9.47 Å². The number of benzene rings is 2. The highest BCUT2D eigenvalue weighted by atomic mass is 16.5. The van der Waals surface area contributed by atoms with Gasteiger partial charge in [0.15, 0.2) is 0 Å². The Morgan fingerprint density at radius 3 is 2.43 bits per heavy atom. The number of para-hydroxylation sites is 1. The van der Waals surface area contributed by atoms with Crippen LogP contribution in [-0.4, -0.2) is 37.5 Å². The number of ether oxygens (including phenoxy) is 2. The molecule has 0 bridgehead atoms. The number of anilines is 1. The fourth-order valence-corrected chi connectivity index (χ4v) is 1.83. The Balaban J connectivity index is 1.68. The van der Waals surface area contributed by atoms with Gasteiger partial charge in [-0.15, -0.1) is 0 Å². The summed E-state index contributed by atoms with van der Waals surface area (Å²) in [5.74, 6) is 1.39. The molecule has 0 spiro atoms. The Morgan fingerprint density at radius 1 is 1.09 bits per heavy atom. The van der Waals surface area contributed by atoms with Crippen LogP contribution in [0.2, 0.25) is 0 Å². The smallest absolute Gasteiger partial charge is 0.319 e. The second-order valence-electron chi connectivity index (χ2n) is 4.84. The summed E-state index contributed by atoms with van der Waals surface area (Å²) in [5, 5.41) is 15.1. The van der Waals surface area contributed by atoms with Crippen LogP contribution < -0.4 is 20.1 Å². The minimum atomic E-state index is -0.795. The minimum Gasteiger partial charge on any atom is -0.497 e. The number of urea groups is 1. The highest BCUT2D eigenvalue weighted by Crippen LogP contribution is 2.14. The molecule has 0 fully saturated rings.